The van der Waals surface area contributed by atoms with E-state index in [0.29, 0.717) is 44.4 Å². The molecule has 0 aromatic heterocycles. The molecule has 5 nitrogen and oxygen atoms in total. The molecule has 0 bridgehead atoms. The quantitative estimate of drug-likeness (QED) is 0.852. The Labute approximate surface area is 127 Å². The van der Waals surface area contributed by atoms with Crippen LogP contribution in [0.4, 0.5) is 4.79 Å². The highest BCUT2D eigenvalue weighted by molar-refractivity contribution is 5.77. The molecule has 2 rings (SSSR count). The van der Waals surface area contributed by atoms with E-state index in [1.807, 2.05) is 16.7 Å². The zero-order valence-corrected chi connectivity index (χ0v) is 13.5. The van der Waals surface area contributed by atoms with Gasteiger partial charge in [0.15, 0.2) is 0 Å². The van der Waals surface area contributed by atoms with Gasteiger partial charge in [0.25, 0.3) is 0 Å². The summed E-state index contributed by atoms with van der Waals surface area (Å²) in [5.74, 6) is -0.711. The van der Waals surface area contributed by atoms with Crippen molar-refractivity contribution in [3.8, 4) is 0 Å². The first-order valence-corrected chi connectivity index (χ1v) is 8.22. The normalized spacial score (nSPS) is 29.3. The molecule has 2 saturated heterocycles. The number of aliphatic carboxylic acids is 1. The molecule has 0 saturated carbocycles. The predicted octanol–water partition coefficient (Wildman–Crippen LogP) is 2.95. The van der Waals surface area contributed by atoms with E-state index in [0.717, 1.165) is 12.8 Å². The molecule has 0 aromatic rings. The van der Waals surface area contributed by atoms with E-state index < -0.39 is 11.4 Å². The highest BCUT2D eigenvalue weighted by atomic mass is 16.4. The van der Waals surface area contributed by atoms with Crippen LogP contribution in [0.3, 0.4) is 0 Å². The predicted molar refractivity (Wildman–Crippen MR) is 81.2 cm³/mol. The van der Waals surface area contributed by atoms with E-state index in [9.17, 15) is 14.7 Å². The zero-order valence-electron chi connectivity index (χ0n) is 13.5. The smallest absolute Gasteiger partial charge is 0.320 e. The van der Waals surface area contributed by atoms with Gasteiger partial charge in [0.1, 0.15) is 0 Å². The van der Waals surface area contributed by atoms with Gasteiger partial charge < -0.3 is 14.9 Å². The topological polar surface area (TPSA) is 60.9 Å². The Kier molecular flexibility index (Phi) is 4.79. The Hall–Kier alpha value is -1.26. The van der Waals surface area contributed by atoms with Crippen molar-refractivity contribution in [3.63, 3.8) is 0 Å². The van der Waals surface area contributed by atoms with Crippen LogP contribution in [-0.4, -0.2) is 52.1 Å². The first kappa shape index (κ1) is 16.1. The molecule has 1 N–H and O–H groups in total. The van der Waals surface area contributed by atoms with Crippen LogP contribution in [-0.2, 0) is 4.79 Å². The SMILES string of the molecule is CCC1(C(=O)O)CCN(C(=O)N2C(C)CCCC2C)CC1. The van der Waals surface area contributed by atoms with Crippen molar-refractivity contribution < 1.29 is 14.7 Å². The fraction of sp³-hybridized carbons (Fsp3) is 0.875. The lowest BCUT2D eigenvalue weighted by Gasteiger charge is -2.45. The summed E-state index contributed by atoms with van der Waals surface area (Å²) in [6.07, 6.45) is 5.10. The van der Waals surface area contributed by atoms with E-state index >= 15 is 0 Å². The number of urea groups is 1. The van der Waals surface area contributed by atoms with Crippen LogP contribution in [0, 0.1) is 5.41 Å². The Bertz CT molecular complexity index is 392. The number of rotatable bonds is 2. The van der Waals surface area contributed by atoms with Gasteiger partial charge in [0.05, 0.1) is 5.41 Å². The van der Waals surface area contributed by atoms with Gasteiger partial charge in [-0.3, -0.25) is 4.79 Å². The number of hydrogen-bond donors (Lipinski definition) is 1. The number of carboxylic acids is 1. The maximum absolute atomic E-state index is 12.7. The molecule has 2 atom stereocenters. The number of nitrogens with zero attached hydrogens (tertiary/aromatic N) is 2. The average molecular weight is 296 g/mol. The van der Waals surface area contributed by atoms with Gasteiger partial charge >= 0.3 is 12.0 Å². The molecule has 2 fully saturated rings. The highest BCUT2D eigenvalue weighted by Crippen LogP contribution is 2.36. The number of carbonyl (C=O) groups excluding carboxylic acids is 1. The maximum atomic E-state index is 12.7. The summed E-state index contributed by atoms with van der Waals surface area (Å²) in [6.45, 7) is 7.29. The molecule has 2 unspecified atom stereocenters. The third-order valence-corrected chi connectivity index (χ3v) is 5.54. The van der Waals surface area contributed by atoms with Gasteiger partial charge in [-0.15, -0.1) is 0 Å². The summed E-state index contributed by atoms with van der Waals surface area (Å²) in [5.41, 5.74) is -0.629. The van der Waals surface area contributed by atoms with Crippen LogP contribution in [0.5, 0.6) is 0 Å². The van der Waals surface area contributed by atoms with E-state index in [1.54, 1.807) is 0 Å². The molecule has 5 heteroatoms. The molecule has 0 spiro atoms. The van der Waals surface area contributed by atoms with Gasteiger partial charge in [-0.25, -0.2) is 4.79 Å². The minimum atomic E-state index is -0.711. The van der Waals surface area contributed by atoms with Gasteiger partial charge in [-0.05, 0) is 52.4 Å². The number of likely N-dealkylation sites (tertiary alicyclic amines) is 2. The average Bonchev–Trinajstić information content (AvgIpc) is 2.46. The molecule has 2 amide bonds. The Morgan fingerprint density at radius 3 is 2.10 bits per heavy atom. The number of hydrogen-bond acceptors (Lipinski definition) is 2. The van der Waals surface area contributed by atoms with Crippen LogP contribution in [0.15, 0.2) is 0 Å². The second kappa shape index (κ2) is 6.24. The summed E-state index contributed by atoms with van der Waals surface area (Å²) < 4.78 is 0. The second-order valence-corrected chi connectivity index (χ2v) is 6.74. The molecule has 0 radical (unpaired) electrons. The Morgan fingerprint density at radius 1 is 1.14 bits per heavy atom. The van der Waals surface area contributed by atoms with E-state index in [1.165, 1.54) is 6.42 Å². The third kappa shape index (κ3) is 3.01. The summed E-state index contributed by atoms with van der Waals surface area (Å²) in [4.78, 5) is 28.1. The molecule has 0 aromatic carbocycles. The lowest BCUT2D eigenvalue weighted by molar-refractivity contribution is -0.152. The van der Waals surface area contributed by atoms with Crippen molar-refractivity contribution >= 4 is 12.0 Å². The van der Waals surface area contributed by atoms with Gasteiger partial charge in [-0.1, -0.05) is 6.92 Å². The summed E-state index contributed by atoms with van der Waals surface area (Å²) >= 11 is 0. The monoisotopic (exact) mass is 296 g/mol. The Morgan fingerprint density at radius 2 is 1.67 bits per heavy atom. The van der Waals surface area contributed by atoms with Crippen LogP contribution in [0.1, 0.15) is 59.3 Å². The largest absolute Gasteiger partial charge is 0.481 e. The van der Waals surface area contributed by atoms with E-state index in [2.05, 4.69) is 13.8 Å². The van der Waals surface area contributed by atoms with Crippen LogP contribution >= 0.6 is 0 Å². The molecule has 0 aliphatic carbocycles. The molecular weight excluding hydrogens is 268 g/mol. The highest BCUT2D eigenvalue weighted by Gasteiger charge is 2.42. The van der Waals surface area contributed by atoms with Crippen molar-refractivity contribution in [2.45, 2.75) is 71.4 Å². The standard InChI is InChI=1S/C16H28N2O3/c1-4-16(14(19)20)8-10-17(11-9-16)15(21)18-12(2)6-5-7-13(18)3/h12-13H,4-11H2,1-3H3,(H,19,20). The van der Waals surface area contributed by atoms with Crippen molar-refractivity contribution in [2.24, 2.45) is 5.41 Å². The lowest BCUT2D eigenvalue weighted by Crippen LogP contribution is -2.56. The molecular formula is C16H28N2O3. The van der Waals surface area contributed by atoms with Crippen molar-refractivity contribution in [1.29, 1.82) is 0 Å². The van der Waals surface area contributed by atoms with Crippen LogP contribution < -0.4 is 0 Å². The number of piperidine rings is 2. The van der Waals surface area contributed by atoms with E-state index in [-0.39, 0.29) is 6.03 Å². The molecule has 2 heterocycles. The summed E-state index contributed by atoms with van der Waals surface area (Å²) in [5, 5.41) is 9.43. The van der Waals surface area contributed by atoms with Crippen LogP contribution in [0.2, 0.25) is 0 Å². The first-order valence-electron chi connectivity index (χ1n) is 8.22. The van der Waals surface area contributed by atoms with Gasteiger partial charge in [0.2, 0.25) is 0 Å². The lowest BCUT2D eigenvalue weighted by atomic mass is 9.76. The number of amides is 2. The molecule has 21 heavy (non-hydrogen) atoms. The summed E-state index contributed by atoms with van der Waals surface area (Å²) in [7, 11) is 0. The van der Waals surface area contributed by atoms with Crippen molar-refractivity contribution in [3.05, 3.63) is 0 Å². The summed E-state index contributed by atoms with van der Waals surface area (Å²) in [6, 6.07) is 0.682. The van der Waals surface area contributed by atoms with E-state index in [4.69, 9.17) is 0 Å². The minimum Gasteiger partial charge on any atom is -0.481 e. The van der Waals surface area contributed by atoms with Crippen molar-refractivity contribution in [1.82, 2.24) is 9.80 Å². The molecule has 120 valence electrons. The number of carboxylic acid groups (broad SMARTS) is 1. The molecule has 2 aliphatic rings. The Balaban J connectivity index is 2.01. The zero-order chi connectivity index (χ0) is 15.6. The third-order valence-electron chi connectivity index (χ3n) is 5.54. The minimum absolute atomic E-state index is 0.102. The fourth-order valence-electron chi connectivity index (χ4n) is 3.81. The molecule has 2 aliphatic heterocycles. The van der Waals surface area contributed by atoms with Gasteiger partial charge in [0, 0.05) is 25.2 Å². The maximum Gasteiger partial charge on any atom is 0.320 e. The fourth-order valence-corrected chi connectivity index (χ4v) is 3.81. The van der Waals surface area contributed by atoms with Gasteiger partial charge in [-0.2, -0.15) is 0 Å². The second-order valence-electron chi connectivity index (χ2n) is 6.74. The van der Waals surface area contributed by atoms with Crippen molar-refractivity contribution in [2.75, 3.05) is 13.1 Å². The first-order chi connectivity index (χ1) is 9.91. The number of carbonyl (C=O) groups is 2. The van der Waals surface area contributed by atoms with Crippen LogP contribution in [0.25, 0.3) is 0 Å².